The molecule has 0 radical (unpaired) electrons. The topological polar surface area (TPSA) is 51.4 Å². The molecule has 0 saturated carbocycles. The van der Waals surface area contributed by atoms with E-state index < -0.39 is 0 Å². The number of aromatic nitrogens is 1. The molecule has 112 valence electrons. The maximum Gasteiger partial charge on any atom is 0.118 e. The second-order valence-corrected chi connectivity index (χ2v) is 5.45. The lowest BCUT2D eigenvalue weighted by Crippen LogP contribution is -2.19. The summed E-state index contributed by atoms with van der Waals surface area (Å²) in [4.78, 5) is 6.73. The van der Waals surface area contributed by atoms with Gasteiger partial charge in [0.05, 0.1) is 12.8 Å². The number of rotatable bonds is 5. The van der Waals surface area contributed by atoms with Gasteiger partial charge in [0.1, 0.15) is 5.75 Å². The van der Waals surface area contributed by atoms with Gasteiger partial charge in [-0.25, -0.2) is 0 Å². The summed E-state index contributed by atoms with van der Waals surface area (Å²) in [7, 11) is 3.76. The molecule has 0 unspecified atom stereocenters. The minimum absolute atomic E-state index is 0.780. The summed E-state index contributed by atoms with van der Waals surface area (Å²) in [6.45, 7) is 5.66. The molecule has 0 bridgehead atoms. The fraction of sp³-hybridized carbons (Fsp3) is 0.353. The van der Waals surface area contributed by atoms with Gasteiger partial charge in [-0.15, -0.1) is 0 Å². The zero-order valence-corrected chi connectivity index (χ0v) is 13.2. The number of methoxy groups -OCH3 is 1. The first kappa shape index (κ1) is 15.3. The van der Waals surface area contributed by atoms with Gasteiger partial charge >= 0.3 is 0 Å². The summed E-state index contributed by atoms with van der Waals surface area (Å²) in [5, 5.41) is 0. The van der Waals surface area contributed by atoms with E-state index in [2.05, 4.69) is 29.1 Å². The van der Waals surface area contributed by atoms with Gasteiger partial charge in [0.15, 0.2) is 0 Å². The van der Waals surface area contributed by atoms with Crippen molar-refractivity contribution in [3.05, 3.63) is 52.8 Å². The summed E-state index contributed by atoms with van der Waals surface area (Å²) >= 11 is 0. The number of nitrogen functional groups attached to an aromatic ring is 1. The van der Waals surface area contributed by atoms with Crippen molar-refractivity contribution in [2.75, 3.05) is 19.9 Å². The third-order valence-corrected chi connectivity index (χ3v) is 3.71. The van der Waals surface area contributed by atoms with Gasteiger partial charge in [-0.1, -0.05) is 12.1 Å². The zero-order chi connectivity index (χ0) is 15.4. The largest absolute Gasteiger partial charge is 0.497 e. The SMILES string of the molecule is COc1ccc(CN(C)Cc2ncc(C)c(N)c2C)cc1. The van der Waals surface area contributed by atoms with Crippen molar-refractivity contribution in [1.82, 2.24) is 9.88 Å². The molecule has 2 rings (SSSR count). The molecule has 2 aromatic rings. The number of aryl methyl sites for hydroxylation is 1. The highest BCUT2D eigenvalue weighted by Crippen LogP contribution is 2.19. The smallest absolute Gasteiger partial charge is 0.118 e. The van der Waals surface area contributed by atoms with E-state index in [1.165, 1.54) is 5.56 Å². The summed E-state index contributed by atoms with van der Waals surface area (Å²) in [6.07, 6.45) is 1.85. The Morgan fingerprint density at radius 3 is 2.43 bits per heavy atom. The second kappa shape index (κ2) is 6.59. The van der Waals surface area contributed by atoms with E-state index in [0.717, 1.165) is 41.3 Å². The number of hydrogen-bond acceptors (Lipinski definition) is 4. The lowest BCUT2D eigenvalue weighted by molar-refractivity contribution is 0.314. The van der Waals surface area contributed by atoms with Gasteiger partial charge in [-0.2, -0.15) is 0 Å². The molecule has 0 aliphatic rings. The summed E-state index contributed by atoms with van der Waals surface area (Å²) in [5.41, 5.74) is 11.3. The van der Waals surface area contributed by atoms with Gasteiger partial charge in [-0.3, -0.25) is 9.88 Å². The Hall–Kier alpha value is -2.07. The molecule has 0 amide bonds. The summed E-state index contributed by atoms with van der Waals surface area (Å²) < 4.78 is 5.17. The molecule has 0 aliphatic carbocycles. The first-order valence-electron chi connectivity index (χ1n) is 7.03. The molecule has 0 atom stereocenters. The van der Waals surface area contributed by atoms with Crippen LogP contribution in [0.15, 0.2) is 30.5 Å². The van der Waals surface area contributed by atoms with Gasteiger partial charge < -0.3 is 10.5 Å². The Balaban J connectivity index is 2.04. The standard InChI is InChI=1S/C17H23N3O/c1-12-9-19-16(13(2)17(12)18)11-20(3)10-14-5-7-15(21-4)8-6-14/h5-9H,10-11H2,1-4H3,(H2,18,19). The van der Waals surface area contributed by atoms with Gasteiger partial charge in [0.25, 0.3) is 0 Å². The van der Waals surface area contributed by atoms with Crippen LogP contribution < -0.4 is 10.5 Å². The zero-order valence-electron chi connectivity index (χ0n) is 13.2. The molecule has 21 heavy (non-hydrogen) atoms. The van der Waals surface area contributed by atoms with E-state index in [0.29, 0.717) is 0 Å². The third kappa shape index (κ3) is 3.73. The van der Waals surface area contributed by atoms with Crippen LogP contribution >= 0.6 is 0 Å². The van der Waals surface area contributed by atoms with E-state index in [9.17, 15) is 0 Å². The number of pyridine rings is 1. The molecule has 0 spiro atoms. The van der Waals surface area contributed by atoms with Gasteiger partial charge in [0.2, 0.25) is 0 Å². The predicted octanol–water partition coefficient (Wildman–Crippen LogP) is 2.92. The first-order valence-corrected chi connectivity index (χ1v) is 7.03. The molecule has 4 nitrogen and oxygen atoms in total. The Morgan fingerprint density at radius 2 is 1.81 bits per heavy atom. The first-order chi connectivity index (χ1) is 10.0. The van der Waals surface area contributed by atoms with Crippen LogP contribution in [0.2, 0.25) is 0 Å². The Labute approximate surface area is 126 Å². The van der Waals surface area contributed by atoms with Crippen LogP contribution in [0.25, 0.3) is 0 Å². The van der Waals surface area contributed by atoms with E-state index >= 15 is 0 Å². The Bertz CT molecular complexity index is 608. The predicted molar refractivity (Wildman–Crippen MR) is 86.3 cm³/mol. The van der Waals surface area contributed by atoms with Crippen molar-refractivity contribution in [3.8, 4) is 5.75 Å². The van der Waals surface area contributed by atoms with E-state index in [4.69, 9.17) is 10.5 Å². The minimum Gasteiger partial charge on any atom is -0.497 e. The lowest BCUT2D eigenvalue weighted by atomic mass is 10.1. The van der Waals surface area contributed by atoms with E-state index in [-0.39, 0.29) is 0 Å². The highest BCUT2D eigenvalue weighted by molar-refractivity contribution is 5.53. The summed E-state index contributed by atoms with van der Waals surface area (Å²) in [5.74, 6) is 0.880. The summed E-state index contributed by atoms with van der Waals surface area (Å²) in [6, 6.07) is 8.13. The van der Waals surface area contributed by atoms with Crippen molar-refractivity contribution in [2.24, 2.45) is 0 Å². The van der Waals surface area contributed by atoms with E-state index in [1.54, 1.807) is 7.11 Å². The molecular weight excluding hydrogens is 262 g/mol. The number of nitrogens with two attached hydrogens (primary N) is 1. The monoisotopic (exact) mass is 285 g/mol. The number of benzene rings is 1. The highest BCUT2D eigenvalue weighted by Gasteiger charge is 2.09. The molecule has 1 heterocycles. The van der Waals surface area contributed by atoms with Crippen LogP contribution in [-0.4, -0.2) is 24.0 Å². The van der Waals surface area contributed by atoms with Crippen molar-refractivity contribution in [3.63, 3.8) is 0 Å². The number of nitrogens with zero attached hydrogens (tertiary/aromatic N) is 2. The third-order valence-electron chi connectivity index (χ3n) is 3.71. The van der Waals surface area contributed by atoms with Crippen LogP contribution in [-0.2, 0) is 13.1 Å². The van der Waals surface area contributed by atoms with Crippen LogP contribution in [0.5, 0.6) is 5.75 Å². The number of ether oxygens (including phenoxy) is 1. The molecule has 1 aromatic carbocycles. The van der Waals surface area contributed by atoms with Crippen molar-refractivity contribution in [1.29, 1.82) is 0 Å². The molecular formula is C17H23N3O. The normalized spacial score (nSPS) is 10.9. The number of hydrogen-bond donors (Lipinski definition) is 1. The second-order valence-electron chi connectivity index (χ2n) is 5.45. The maximum atomic E-state index is 6.07. The van der Waals surface area contributed by atoms with Gasteiger partial charge in [0, 0.05) is 25.0 Å². The van der Waals surface area contributed by atoms with Crippen molar-refractivity contribution in [2.45, 2.75) is 26.9 Å². The molecule has 0 fully saturated rings. The van der Waals surface area contributed by atoms with Crippen molar-refractivity contribution < 1.29 is 4.74 Å². The molecule has 0 aliphatic heterocycles. The van der Waals surface area contributed by atoms with Crippen molar-refractivity contribution >= 4 is 5.69 Å². The minimum atomic E-state index is 0.780. The van der Waals surface area contributed by atoms with Crippen LogP contribution in [0.1, 0.15) is 22.4 Å². The fourth-order valence-electron chi connectivity index (χ4n) is 2.31. The van der Waals surface area contributed by atoms with Gasteiger partial charge in [-0.05, 0) is 49.7 Å². The van der Waals surface area contributed by atoms with Crippen LogP contribution in [0, 0.1) is 13.8 Å². The molecule has 4 heteroatoms. The fourth-order valence-corrected chi connectivity index (χ4v) is 2.31. The van der Waals surface area contributed by atoms with E-state index in [1.807, 2.05) is 32.2 Å². The van der Waals surface area contributed by atoms with Crippen LogP contribution in [0.3, 0.4) is 0 Å². The highest BCUT2D eigenvalue weighted by atomic mass is 16.5. The van der Waals surface area contributed by atoms with Crippen LogP contribution in [0.4, 0.5) is 5.69 Å². The average Bonchev–Trinajstić information content (AvgIpc) is 2.49. The molecule has 0 saturated heterocycles. The average molecular weight is 285 g/mol. The molecule has 1 aromatic heterocycles. The lowest BCUT2D eigenvalue weighted by Gasteiger charge is -2.18. The number of anilines is 1. The Morgan fingerprint density at radius 1 is 1.14 bits per heavy atom. The maximum absolute atomic E-state index is 6.07. The Kier molecular flexibility index (Phi) is 4.81. The quantitative estimate of drug-likeness (QED) is 0.917. The molecule has 2 N–H and O–H groups in total.